The molecule has 1 aromatic carbocycles. The first kappa shape index (κ1) is 22.9. The van der Waals surface area contributed by atoms with Crippen molar-refractivity contribution in [2.45, 2.75) is 53.1 Å². The zero-order valence-electron chi connectivity index (χ0n) is 19.0. The number of carbonyl (C=O) groups excluding carboxylic acids is 1. The third kappa shape index (κ3) is 4.46. The second-order valence-corrected chi connectivity index (χ2v) is 9.06. The summed E-state index contributed by atoms with van der Waals surface area (Å²) in [5.41, 5.74) is 1.42. The molecule has 0 unspecified atom stereocenters. The van der Waals surface area contributed by atoms with Crippen LogP contribution in [0.2, 0.25) is 0 Å². The average molecular weight is 443 g/mol. The molecule has 0 saturated carbocycles. The van der Waals surface area contributed by atoms with Gasteiger partial charge in [-0.3, -0.25) is 9.59 Å². The van der Waals surface area contributed by atoms with E-state index in [1.165, 1.54) is 24.0 Å². The molecule has 2 heterocycles. The number of fused-ring (bicyclic) bond motifs is 1. The molecule has 3 rings (SSSR count). The molecule has 7 heteroatoms. The second kappa shape index (κ2) is 9.56. The lowest BCUT2D eigenvalue weighted by Crippen LogP contribution is -2.29. The predicted molar refractivity (Wildman–Crippen MR) is 126 cm³/mol. The highest BCUT2D eigenvalue weighted by molar-refractivity contribution is 7.12. The highest BCUT2D eigenvalue weighted by Gasteiger charge is 2.20. The molecule has 0 saturated heterocycles. The van der Waals surface area contributed by atoms with Gasteiger partial charge in [0.05, 0.1) is 25.2 Å². The molecule has 166 valence electrons. The van der Waals surface area contributed by atoms with Crippen LogP contribution in [0, 0.1) is 13.8 Å². The first-order chi connectivity index (χ1) is 14.8. The SMILES string of the molecule is CCC(CC)n1cc(C(=O)NCc2cc(C)sc2C)c2cc(OC)c(OC)cc2c1=O. The van der Waals surface area contributed by atoms with Gasteiger partial charge in [0.25, 0.3) is 11.5 Å². The van der Waals surface area contributed by atoms with Gasteiger partial charge in [0.2, 0.25) is 0 Å². The largest absolute Gasteiger partial charge is 0.493 e. The molecule has 0 spiro atoms. The molecule has 0 atom stereocenters. The maximum absolute atomic E-state index is 13.3. The smallest absolute Gasteiger partial charge is 0.258 e. The van der Waals surface area contributed by atoms with Crippen LogP contribution in [0.5, 0.6) is 11.5 Å². The van der Waals surface area contributed by atoms with Gasteiger partial charge in [0.1, 0.15) is 0 Å². The van der Waals surface area contributed by atoms with Crippen LogP contribution in [0.15, 0.2) is 29.2 Å². The fraction of sp³-hybridized carbons (Fsp3) is 0.417. The second-order valence-electron chi connectivity index (χ2n) is 7.60. The van der Waals surface area contributed by atoms with Gasteiger partial charge < -0.3 is 19.4 Å². The lowest BCUT2D eigenvalue weighted by Gasteiger charge is -2.20. The minimum atomic E-state index is -0.222. The van der Waals surface area contributed by atoms with Crippen molar-refractivity contribution in [3.05, 3.63) is 55.6 Å². The molecule has 0 fully saturated rings. The Kier molecular flexibility index (Phi) is 7.05. The van der Waals surface area contributed by atoms with E-state index in [-0.39, 0.29) is 17.5 Å². The van der Waals surface area contributed by atoms with E-state index >= 15 is 0 Å². The standard InChI is InChI=1S/C24H30N2O4S/c1-7-17(8-2)26-13-20(23(27)25-12-16-9-14(3)31-15(16)4)18-10-21(29-5)22(30-6)11-19(18)24(26)28/h9-11,13,17H,7-8,12H2,1-6H3,(H,25,27). The van der Waals surface area contributed by atoms with E-state index in [1.54, 1.807) is 34.2 Å². The number of aromatic nitrogens is 1. The Morgan fingerprint density at radius 2 is 1.68 bits per heavy atom. The monoisotopic (exact) mass is 442 g/mol. The molecule has 0 aliphatic heterocycles. The Bertz CT molecular complexity index is 1160. The van der Waals surface area contributed by atoms with E-state index in [1.807, 2.05) is 13.8 Å². The highest BCUT2D eigenvalue weighted by atomic mass is 32.1. The number of hydrogen-bond donors (Lipinski definition) is 1. The topological polar surface area (TPSA) is 69.6 Å². The quantitative estimate of drug-likeness (QED) is 0.534. The molecule has 0 radical (unpaired) electrons. The number of thiophene rings is 1. The third-order valence-corrected chi connectivity index (χ3v) is 6.72. The van der Waals surface area contributed by atoms with Gasteiger partial charge in [0.15, 0.2) is 11.5 Å². The lowest BCUT2D eigenvalue weighted by atomic mass is 10.0. The Balaban J connectivity index is 2.14. The van der Waals surface area contributed by atoms with Crippen LogP contribution >= 0.6 is 11.3 Å². The van der Waals surface area contributed by atoms with Crippen LogP contribution in [0.4, 0.5) is 0 Å². The first-order valence-electron chi connectivity index (χ1n) is 10.5. The molecule has 0 bridgehead atoms. The van der Waals surface area contributed by atoms with Crippen molar-refractivity contribution in [1.29, 1.82) is 0 Å². The Labute approximate surface area is 186 Å². The van der Waals surface area contributed by atoms with Crippen molar-refractivity contribution >= 4 is 28.0 Å². The molecule has 0 aliphatic carbocycles. The third-order valence-electron chi connectivity index (χ3n) is 5.71. The number of aryl methyl sites for hydroxylation is 2. The summed E-state index contributed by atoms with van der Waals surface area (Å²) in [4.78, 5) is 29.0. The van der Waals surface area contributed by atoms with Crippen molar-refractivity contribution < 1.29 is 14.3 Å². The number of nitrogens with one attached hydrogen (secondary N) is 1. The highest BCUT2D eigenvalue weighted by Crippen LogP contribution is 2.33. The van der Waals surface area contributed by atoms with E-state index in [0.29, 0.717) is 34.4 Å². The van der Waals surface area contributed by atoms with Crippen molar-refractivity contribution in [2.24, 2.45) is 0 Å². The van der Waals surface area contributed by atoms with Gasteiger partial charge in [-0.25, -0.2) is 0 Å². The fourth-order valence-electron chi connectivity index (χ4n) is 3.95. The van der Waals surface area contributed by atoms with Crippen LogP contribution in [-0.2, 0) is 6.54 Å². The molecular weight excluding hydrogens is 412 g/mol. The number of ether oxygens (including phenoxy) is 2. The number of amides is 1. The van der Waals surface area contributed by atoms with Gasteiger partial charge in [-0.15, -0.1) is 11.3 Å². The normalized spacial score (nSPS) is 11.2. The van der Waals surface area contributed by atoms with Crippen molar-refractivity contribution in [1.82, 2.24) is 9.88 Å². The summed E-state index contributed by atoms with van der Waals surface area (Å²) in [5.74, 6) is 0.721. The van der Waals surface area contributed by atoms with Crippen LogP contribution in [-0.4, -0.2) is 24.7 Å². The summed E-state index contributed by atoms with van der Waals surface area (Å²) in [6, 6.07) is 5.48. The van der Waals surface area contributed by atoms with E-state index in [2.05, 4.69) is 25.2 Å². The Morgan fingerprint density at radius 1 is 1.06 bits per heavy atom. The molecule has 0 aliphatic rings. The fourth-order valence-corrected chi connectivity index (χ4v) is 4.90. The van der Waals surface area contributed by atoms with Gasteiger partial charge in [-0.05, 0) is 50.5 Å². The minimum Gasteiger partial charge on any atom is -0.493 e. The van der Waals surface area contributed by atoms with Crippen molar-refractivity contribution in [3.63, 3.8) is 0 Å². The maximum Gasteiger partial charge on any atom is 0.258 e. The summed E-state index contributed by atoms with van der Waals surface area (Å²) < 4.78 is 12.5. The molecular formula is C24H30N2O4S. The van der Waals surface area contributed by atoms with Crippen LogP contribution in [0.25, 0.3) is 10.8 Å². The number of rotatable bonds is 8. The number of hydrogen-bond acceptors (Lipinski definition) is 5. The number of methoxy groups -OCH3 is 2. The first-order valence-corrected chi connectivity index (χ1v) is 11.3. The summed E-state index contributed by atoms with van der Waals surface area (Å²) in [7, 11) is 3.07. The zero-order valence-corrected chi connectivity index (χ0v) is 19.8. The summed E-state index contributed by atoms with van der Waals surface area (Å²) in [6.45, 7) is 8.64. The van der Waals surface area contributed by atoms with E-state index in [0.717, 1.165) is 18.4 Å². The number of pyridine rings is 1. The molecule has 31 heavy (non-hydrogen) atoms. The van der Waals surface area contributed by atoms with Crippen molar-refractivity contribution in [3.8, 4) is 11.5 Å². The Morgan fingerprint density at radius 3 is 2.19 bits per heavy atom. The Hall–Kier alpha value is -2.80. The van der Waals surface area contributed by atoms with Gasteiger partial charge in [-0.1, -0.05) is 13.8 Å². The van der Waals surface area contributed by atoms with E-state index in [4.69, 9.17) is 9.47 Å². The zero-order chi connectivity index (χ0) is 22.7. The van der Waals surface area contributed by atoms with E-state index < -0.39 is 0 Å². The van der Waals surface area contributed by atoms with Crippen LogP contribution in [0.1, 0.15) is 58.4 Å². The van der Waals surface area contributed by atoms with Gasteiger partial charge >= 0.3 is 0 Å². The van der Waals surface area contributed by atoms with Crippen molar-refractivity contribution in [2.75, 3.05) is 14.2 Å². The van der Waals surface area contributed by atoms with Crippen LogP contribution < -0.4 is 20.3 Å². The average Bonchev–Trinajstić information content (AvgIpc) is 3.10. The molecule has 2 aromatic heterocycles. The molecule has 1 amide bonds. The lowest BCUT2D eigenvalue weighted by molar-refractivity contribution is 0.0951. The summed E-state index contributed by atoms with van der Waals surface area (Å²) in [5, 5.41) is 4.03. The predicted octanol–water partition coefficient (Wildman–Crippen LogP) is 4.99. The van der Waals surface area contributed by atoms with Gasteiger partial charge in [-0.2, -0.15) is 0 Å². The maximum atomic E-state index is 13.3. The number of carbonyl (C=O) groups is 1. The molecule has 1 N–H and O–H groups in total. The summed E-state index contributed by atoms with van der Waals surface area (Å²) in [6.07, 6.45) is 3.28. The number of nitrogens with zero attached hydrogens (tertiary/aromatic N) is 1. The summed E-state index contributed by atoms with van der Waals surface area (Å²) >= 11 is 1.72. The molecule has 3 aromatic rings. The molecule has 6 nitrogen and oxygen atoms in total. The number of benzene rings is 1. The minimum absolute atomic E-state index is 0.0123. The van der Waals surface area contributed by atoms with Gasteiger partial charge in [0, 0.05) is 33.9 Å². The van der Waals surface area contributed by atoms with Crippen LogP contribution in [0.3, 0.4) is 0 Å². The van der Waals surface area contributed by atoms with E-state index in [9.17, 15) is 9.59 Å².